The molecule has 71 heavy (non-hydrogen) atoms. The summed E-state index contributed by atoms with van der Waals surface area (Å²) in [5, 5.41) is 0. The van der Waals surface area contributed by atoms with Gasteiger partial charge in [-0.15, -0.1) is 0 Å². The van der Waals surface area contributed by atoms with Crippen LogP contribution in [0.25, 0.3) is 44.9 Å². The van der Waals surface area contributed by atoms with E-state index in [1.807, 2.05) is 32.0 Å². The molecule has 2 aromatic heterocycles. The number of hydrogen-bond acceptors (Lipinski definition) is 5. The Hall–Kier alpha value is -8.93. The smallest absolute Gasteiger partial charge is 0.252 e. The van der Waals surface area contributed by atoms with Crippen molar-refractivity contribution in [3.8, 4) is 44.9 Å². The largest absolute Gasteiger partial charge is 0.461 e. The number of furan rings is 2. The number of aryl methyl sites for hydroxylation is 2. The van der Waals surface area contributed by atoms with E-state index in [9.17, 15) is 0 Å². The van der Waals surface area contributed by atoms with Crippen LogP contribution in [-0.2, 0) is 0 Å². The van der Waals surface area contributed by atoms with E-state index in [1.54, 1.807) is 0 Å². The highest BCUT2D eigenvalue weighted by Gasteiger charge is 2.50. The number of fused-ring (bicyclic) bond motifs is 8. The minimum absolute atomic E-state index is 0.0149. The summed E-state index contributed by atoms with van der Waals surface area (Å²) in [7, 11) is 0. The van der Waals surface area contributed by atoms with Gasteiger partial charge in [-0.1, -0.05) is 140 Å². The van der Waals surface area contributed by atoms with Crippen LogP contribution in [0.5, 0.6) is 0 Å². The summed E-state index contributed by atoms with van der Waals surface area (Å²) in [6.45, 7) is 4.01. The fourth-order valence-corrected chi connectivity index (χ4v) is 12.2. The lowest BCUT2D eigenvalue weighted by atomic mass is 9.29. The van der Waals surface area contributed by atoms with Crippen molar-refractivity contribution in [1.29, 1.82) is 0 Å². The van der Waals surface area contributed by atoms with Gasteiger partial charge in [-0.3, -0.25) is 0 Å². The van der Waals surface area contributed by atoms with Gasteiger partial charge in [-0.2, -0.15) is 0 Å². The normalized spacial score (nSPS) is 13.4. The Bertz CT molecular complexity index is 3950. The summed E-state index contributed by atoms with van der Waals surface area (Å²) in [6, 6.07) is 82.7. The van der Waals surface area contributed by atoms with Crippen LogP contribution in [0, 0.1) is 13.8 Å². The van der Waals surface area contributed by atoms with E-state index in [4.69, 9.17) is 8.83 Å². The predicted molar refractivity (Wildman–Crippen MR) is 296 cm³/mol. The Balaban J connectivity index is 0.949. The van der Waals surface area contributed by atoms with Gasteiger partial charge in [0.05, 0.1) is 0 Å². The molecule has 0 saturated carbocycles. The maximum Gasteiger partial charge on any atom is 0.252 e. The third kappa shape index (κ3) is 5.96. The van der Waals surface area contributed by atoms with Gasteiger partial charge >= 0.3 is 0 Å². The highest BCUT2D eigenvalue weighted by Crippen LogP contribution is 2.49. The second-order valence-corrected chi connectivity index (χ2v) is 19.3. The first-order chi connectivity index (χ1) is 35.0. The van der Waals surface area contributed by atoms with Crippen LogP contribution in [0.15, 0.2) is 233 Å². The van der Waals surface area contributed by atoms with Gasteiger partial charge in [0.1, 0.15) is 23.0 Å². The summed E-state index contributed by atoms with van der Waals surface area (Å²) < 4.78 is 12.0. The van der Waals surface area contributed by atoms with Crippen LogP contribution >= 0.6 is 0 Å². The number of para-hydroxylation sites is 4. The van der Waals surface area contributed by atoms with E-state index >= 15 is 0 Å². The molecule has 15 rings (SSSR count). The van der Waals surface area contributed by atoms with Crippen molar-refractivity contribution >= 4 is 97.4 Å². The molecule has 0 bridgehead atoms. The Kier molecular flexibility index (Phi) is 8.61. The average Bonchev–Trinajstić information content (AvgIpc) is 4.08. The summed E-state index contributed by atoms with van der Waals surface area (Å²) in [6.07, 6.45) is 0. The zero-order valence-corrected chi connectivity index (χ0v) is 39.2. The van der Waals surface area contributed by atoms with E-state index in [-0.39, 0.29) is 13.4 Å². The minimum atomic E-state index is 0.0149. The third-order valence-corrected chi connectivity index (χ3v) is 15.3. The number of rotatable bonds is 6. The number of hydrogen-bond donors (Lipinski definition) is 0. The lowest BCUT2D eigenvalue weighted by Gasteiger charge is -2.49. The predicted octanol–water partition coefficient (Wildman–Crippen LogP) is 12.9. The fourth-order valence-electron chi connectivity index (χ4n) is 12.2. The summed E-state index contributed by atoms with van der Waals surface area (Å²) in [4.78, 5) is 7.62. The Morgan fingerprint density at radius 1 is 0.296 bits per heavy atom. The molecule has 0 unspecified atom stereocenters. The standard InChI is InChI=1S/C64H43B2N3O2/c1-40-25-35-60(70-40)44-31-27-42(28-32-44)46-13-10-16-49(37-46)68-55-22-9-7-18-51(55)65-52-19-11-20-53-64(52)69(57-24-12-23-56(68)62(57)65)59-39-47(43-29-33-45(34-30-43)61-36-26-41(2)71-61)38-58-63(59)66(53)50-17-6-8-21-54(50)67(58)48-14-4-3-5-15-48/h3-39H,1-2H3. The van der Waals surface area contributed by atoms with Gasteiger partial charge in [-0.05, 0) is 154 Å². The topological polar surface area (TPSA) is 36.0 Å². The molecule has 7 heteroatoms. The molecule has 0 radical (unpaired) electrons. The first kappa shape index (κ1) is 40.0. The van der Waals surface area contributed by atoms with Gasteiger partial charge in [0.2, 0.25) is 0 Å². The maximum absolute atomic E-state index is 6.07. The molecule has 6 heterocycles. The first-order valence-electron chi connectivity index (χ1n) is 24.6. The average molecular weight is 908 g/mol. The van der Waals surface area contributed by atoms with Gasteiger partial charge < -0.3 is 23.5 Å². The SMILES string of the molecule is Cc1ccc(-c2ccc(-c3cccc(N4c5ccccc5B5c6cccc7c6N(c6cccc4c65)c4cc(-c5ccc(-c6ccc(C)o6)cc5)cc5c4B7c4ccccc4N5c4ccccc4)c3)cc2)o1. The van der Waals surface area contributed by atoms with Gasteiger partial charge in [0.25, 0.3) is 13.4 Å². The highest BCUT2D eigenvalue weighted by atomic mass is 16.3. The molecule has 0 aliphatic carbocycles. The summed E-state index contributed by atoms with van der Waals surface area (Å²) >= 11 is 0. The Morgan fingerprint density at radius 2 is 0.732 bits per heavy atom. The van der Waals surface area contributed by atoms with Crippen molar-refractivity contribution in [2.45, 2.75) is 13.8 Å². The maximum atomic E-state index is 6.07. The molecule has 0 N–H and O–H groups in total. The molecule has 0 saturated heterocycles. The van der Waals surface area contributed by atoms with Crippen molar-refractivity contribution in [3.63, 3.8) is 0 Å². The molecule has 4 aliphatic heterocycles. The molecule has 11 aromatic rings. The van der Waals surface area contributed by atoms with Crippen LogP contribution in [0.4, 0.5) is 51.2 Å². The zero-order chi connectivity index (χ0) is 46.9. The van der Waals surface area contributed by atoms with Crippen molar-refractivity contribution in [1.82, 2.24) is 0 Å². The van der Waals surface area contributed by atoms with Crippen LogP contribution in [0.3, 0.4) is 0 Å². The molecule has 9 aromatic carbocycles. The van der Waals surface area contributed by atoms with E-state index in [0.717, 1.165) is 67.8 Å². The minimum Gasteiger partial charge on any atom is -0.461 e. The second kappa shape index (κ2) is 15.3. The Morgan fingerprint density at radius 3 is 1.32 bits per heavy atom. The van der Waals surface area contributed by atoms with Crippen molar-refractivity contribution < 1.29 is 8.83 Å². The van der Waals surface area contributed by atoms with E-state index in [1.165, 1.54) is 72.6 Å². The van der Waals surface area contributed by atoms with Gasteiger partial charge in [-0.25, -0.2) is 0 Å². The quantitative estimate of drug-likeness (QED) is 0.155. The lowest BCUT2D eigenvalue weighted by molar-refractivity contribution is 0.548. The van der Waals surface area contributed by atoms with Crippen LogP contribution < -0.4 is 47.5 Å². The molecule has 0 amide bonds. The van der Waals surface area contributed by atoms with E-state index in [2.05, 4.69) is 221 Å². The van der Waals surface area contributed by atoms with Gasteiger partial charge in [0, 0.05) is 62.3 Å². The van der Waals surface area contributed by atoms with Crippen LogP contribution in [0.1, 0.15) is 11.5 Å². The first-order valence-corrected chi connectivity index (χ1v) is 24.6. The Labute approximate surface area is 413 Å². The zero-order valence-electron chi connectivity index (χ0n) is 39.2. The van der Waals surface area contributed by atoms with E-state index < -0.39 is 0 Å². The molecule has 0 fully saturated rings. The van der Waals surface area contributed by atoms with Crippen molar-refractivity contribution in [2.24, 2.45) is 0 Å². The molecule has 0 spiro atoms. The summed E-state index contributed by atoms with van der Waals surface area (Å²) in [5.74, 6) is 3.58. The van der Waals surface area contributed by atoms with Crippen LogP contribution in [-0.4, -0.2) is 13.4 Å². The monoisotopic (exact) mass is 907 g/mol. The third-order valence-electron chi connectivity index (χ3n) is 15.3. The van der Waals surface area contributed by atoms with Crippen molar-refractivity contribution in [2.75, 3.05) is 14.7 Å². The van der Waals surface area contributed by atoms with E-state index in [0.29, 0.717) is 0 Å². The summed E-state index contributed by atoms with van der Waals surface area (Å²) in [5.41, 5.74) is 25.4. The number of nitrogens with zero attached hydrogens (tertiary/aromatic N) is 3. The van der Waals surface area contributed by atoms with Gasteiger partial charge in [0.15, 0.2) is 0 Å². The molecule has 332 valence electrons. The molecular weight excluding hydrogens is 864 g/mol. The van der Waals surface area contributed by atoms with Crippen LogP contribution in [0.2, 0.25) is 0 Å². The number of anilines is 9. The fraction of sp³-hybridized carbons (Fsp3) is 0.0312. The highest BCUT2D eigenvalue weighted by molar-refractivity contribution is 7.04. The molecular formula is C64H43B2N3O2. The lowest BCUT2D eigenvalue weighted by Crippen LogP contribution is -2.68. The van der Waals surface area contributed by atoms with Crippen molar-refractivity contribution in [3.05, 3.63) is 236 Å². The molecule has 5 nitrogen and oxygen atoms in total. The molecule has 0 atom stereocenters. The number of benzene rings is 9. The second-order valence-electron chi connectivity index (χ2n) is 19.3. The molecule has 4 aliphatic rings.